The first-order valence-corrected chi connectivity index (χ1v) is 6.34. The molecule has 0 aliphatic carbocycles. The zero-order chi connectivity index (χ0) is 15.8. The predicted molar refractivity (Wildman–Crippen MR) is 77.7 cm³/mol. The van der Waals surface area contributed by atoms with Crippen LogP contribution in [0, 0.1) is 11.8 Å². The molecule has 1 rings (SSSR count). The Balaban J connectivity index is 2.92. The average Bonchev–Trinajstić information content (AvgIpc) is 2.43. The highest BCUT2D eigenvalue weighted by atomic mass is 16.5. The fraction of sp³-hybridized carbons (Fsp3) is 0.333. The highest BCUT2D eigenvalue weighted by Crippen LogP contribution is 2.19. The first kappa shape index (κ1) is 16.5. The summed E-state index contributed by atoms with van der Waals surface area (Å²) in [4.78, 5) is 22.9. The van der Waals surface area contributed by atoms with Gasteiger partial charge in [0, 0.05) is 18.0 Å². The monoisotopic (exact) mass is 290 g/mol. The van der Waals surface area contributed by atoms with Crippen LogP contribution in [0.4, 0.5) is 0 Å². The summed E-state index contributed by atoms with van der Waals surface area (Å²) < 4.78 is 5.13. The van der Waals surface area contributed by atoms with Crippen molar-refractivity contribution in [2.24, 2.45) is 5.73 Å². The van der Waals surface area contributed by atoms with E-state index in [-0.39, 0.29) is 25.0 Å². The standard InChI is InChI=1S/C15H18N2O4/c1-10(8-14(16)19)17-15(20)12-5-6-13(21-2)11(9-12)4-3-7-18/h5-6,9-10,18H,7-8H2,1-2H3,(H2,16,19)(H,17,20). The number of carbonyl (C=O) groups excluding carboxylic acids is 2. The Kier molecular flexibility index (Phi) is 6.24. The van der Waals surface area contributed by atoms with Gasteiger partial charge in [-0.2, -0.15) is 0 Å². The largest absolute Gasteiger partial charge is 0.495 e. The molecule has 21 heavy (non-hydrogen) atoms. The van der Waals surface area contributed by atoms with Crippen molar-refractivity contribution in [3.05, 3.63) is 29.3 Å². The second kappa shape index (κ2) is 7.92. The lowest BCUT2D eigenvalue weighted by atomic mass is 10.1. The lowest BCUT2D eigenvalue weighted by molar-refractivity contribution is -0.118. The number of rotatable bonds is 5. The maximum Gasteiger partial charge on any atom is 0.251 e. The van der Waals surface area contributed by atoms with Crippen LogP contribution in [-0.2, 0) is 4.79 Å². The first-order valence-electron chi connectivity index (χ1n) is 6.34. The number of methoxy groups -OCH3 is 1. The summed E-state index contributed by atoms with van der Waals surface area (Å²) in [6, 6.07) is 4.42. The third-order valence-electron chi connectivity index (χ3n) is 2.65. The molecule has 1 unspecified atom stereocenters. The van der Waals surface area contributed by atoms with E-state index in [1.807, 2.05) is 0 Å². The van der Waals surface area contributed by atoms with Crippen LogP contribution in [0.5, 0.6) is 5.75 Å². The van der Waals surface area contributed by atoms with Gasteiger partial charge >= 0.3 is 0 Å². The van der Waals surface area contributed by atoms with Crippen LogP contribution >= 0.6 is 0 Å². The zero-order valence-corrected chi connectivity index (χ0v) is 12.0. The summed E-state index contributed by atoms with van der Waals surface area (Å²) in [7, 11) is 1.49. The molecular weight excluding hydrogens is 272 g/mol. The van der Waals surface area contributed by atoms with E-state index in [1.54, 1.807) is 25.1 Å². The van der Waals surface area contributed by atoms with Gasteiger partial charge in [0.05, 0.1) is 12.7 Å². The summed E-state index contributed by atoms with van der Waals surface area (Å²) in [5.74, 6) is 4.92. The van der Waals surface area contributed by atoms with Crippen molar-refractivity contribution >= 4 is 11.8 Å². The van der Waals surface area contributed by atoms with Crippen molar-refractivity contribution in [1.29, 1.82) is 0 Å². The molecule has 0 aliphatic heterocycles. The Bertz CT molecular complexity index is 587. The minimum absolute atomic E-state index is 0.0685. The Morgan fingerprint density at radius 2 is 2.19 bits per heavy atom. The minimum atomic E-state index is -0.480. The fourth-order valence-electron chi connectivity index (χ4n) is 1.74. The van der Waals surface area contributed by atoms with Gasteiger partial charge in [-0.15, -0.1) is 0 Å². The third kappa shape index (κ3) is 5.16. The second-order valence-corrected chi connectivity index (χ2v) is 4.42. The van der Waals surface area contributed by atoms with Gasteiger partial charge in [-0.05, 0) is 25.1 Å². The van der Waals surface area contributed by atoms with Crippen LogP contribution in [0.1, 0.15) is 29.3 Å². The van der Waals surface area contributed by atoms with Crippen molar-refractivity contribution in [3.63, 3.8) is 0 Å². The van der Waals surface area contributed by atoms with Crippen molar-refractivity contribution in [3.8, 4) is 17.6 Å². The van der Waals surface area contributed by atoms with Crippen LogP contribution in [0.15, 0.2) is 18.2 Å². The van der Waals surface area contributed by atoms with Gasteiger partial charge in [-0.25, -0.2) is 0 Å². The average molecular weight is 290 g/mol. The van der Waals surface area contributed by atoms with Gasteiger partial charge < -0.3 is 20.9 Å². The first-order chi connectivity index (χ1) is 9.97. The molecule has 6 heteroatoms. The van der Waals surface area contributed by atoms with Crippen LogP contribution < -0.4 is 15.8 Å². The van der Waals surface area contributed by atoms with Crippen molar-refractivity contribution in [2.75, 3.05) is 13.7 Å². The number of hydrogen-bond acceptors (Lipinski definition) is 4. The van der Waals surface area contributed by atoms with Gasteiger partial charge in [0.2, 0.25) is 5.91 Å². The van der Waals surface area contributed by atoms with E-state index in [1.165, 1.54) is 7.11 Å². The number of nitrogens with two attached hydrogens (primary N) is 1. The van der Waals surface area contributed by atoms with E-state index in [0.29, 0.717) is 16.9 Å². The Hall–Kier alpha value is -2.52. The summed E-state index contributed by atoms with van der Waals surface area (Å²) in [6.07, 6.45) is 0.0685. The number of amides is 2. The highest BCUT2D eigenvalue weighted by molar-refractivity contribution is 5.95. The molecule has 0 aromatic heterocycles. The molecule has 4 N–H and O–H groups in total. The number of ether oxygens (including phenoxy) is 1. The number of hydrogen-bond donors (Lipinski definition) is 3. The van der Waals surface area contributed by atoms with Crippen molar-refractivity contribution < 1.29 is 19.4 Å². The second-order valence-electron chi connectivity index (χ2n) is 4.42. The van der Waals surface area contributed by atoms with Crippen molar-refractivity contribution in [1.82, 2.24) is 5.32 Å². The summed E-state index contributed by atoms with van der Waals surface area (Å²) in [5, 5.41) is 11.4. The van der Waals surface area contributed by atoms with Gasteiger partial charge in [-0.1, -0.05) is 11.8 Å². The van der Waals surface area contributed by atoms with Gasteiger partial charge in [0.1, 0.15) is 12.4 Å². The molecule has 0 fully saturated rings. The van der Waals surface area contributed by atoms with Crippen LogP contribution in [-0.4, -0.2) is 36.7 Å². The molecule has 1 atom stereocenters. The Morgan fingerprint density at radius 3 is 2.76 bits per heavy atom. The topological polar surface area (TPSA) is 102 Å². The molecule has 0 bridgehead atoms. The fourth-order valence-corrected chi connectivity index (χ4v) is 1.74. The molecule has 112 valence electrons. The normalized spacial score (nSPS) is 11.0. The predicted octanol–water partition coefficient (Wildman–Crippen LogP) is 0.0327. The molecule has 0 radical (unpaired) electrons. The van der Waals surface area contributed by atoms with E-state index in [9.17, 15) is 9.59 Å². The van der Waals surface area contributed by atoms with E-state index in [4.69, 9.17) is 15.6 Å². The Labute approximate surface area is 123 Å². The SMILES string of the molecule is COc1ccc(C(=O)NC(C)CC(N)=O)cc1C#CCO. The van der Waals surface area contributed by atoms with E-state index in [2.05, 4.69) is 17.2 Å². The lowest BCUT2D eigenvalue weighted by Gasteiger charge is -2.12. The smallest absolute Gasteiger partial charge is 0.251 e. The van der Waals surface area contributed by atoms with Crippen LogP contribution in [0.25, 0.3) is 0 Å². The molecule has 0 heterocycles. The summed E-state index contributed by atoms with van der Waals surface area (Å²) >= 11 is 0. The van der Waals surface area contributed by atoms with Crippen LogP contribution in [0.2, 0.25) is 0 Å². The zero-order valence-electron chi connectivity index (χ0n) is 12.0. The minimum Gasteiger partial charge on any atom is -0.495 e. The number of primary amides is 1. The quantitative estimate of drug-likeness (QED) is 0.666. The van der Waals surface area contributed by atoms with E-state index in [0.717, 1.165) is 0 Å². The molecule has 0 aliphatic rings. The maximum absolute atomic E-state index is 12.1. The molecule has 0 spiro atoms. The lowest BCUT2D eigenvalue weighted by Crippen LogP contribution is -2.35. The molecule has 0 saturated heterocycles. The van der Waals surface area contributed by atoms with Gasteiger partial charge in [0.15, 0.2) is 0 Å². The van der Waals surface area contributed by atoms with Crippen LogP contribution in [0.3, 0.4) is 0 Å². The Morgan fingerprint density at radius 1 is 1.48 bits per heavy atom. The molecule has 1 aromatic carbocycles. The van der Waals surface area contributed by atoms with E-state index >= 15 is 0 Å². The van der Waals surface area contributed by atoms with E-state index < -0.39 is 5.91 Å². The van der Waals surface area contributed by atoms with Crippen molar-refractivity contribution in [2.45, 2.75) is 19.4 Å². The summed E-state index contributed by atoms with van der Waals surface area (Å²) in [5.41, 5.74) is 5.96. The third-order valence-corrected chi connectivity index (χ3v) is 2.65. The number of carbonyl (C=O) groups is 2. The molecule has 2 amide bonds. The summed E-state index contributed by atoms with van der Waals surface area (Å²) in [6.45, 7) is 1.41. The maximum atomic E-state index is 12.1. The molecule has 0 saturated carbocycles. The molecule has 1 aromatic rings. The number of aliphatic hydroxyl groups excluding tert-OH is 1. The highest BCUT2D eigenvalue weighted by Gasteiger charge is 2.13. The number of nitrogens with one attached hydrogen (secondary N) is 1. The molecular formula is C15H18N2O4. The number of aliphatic hydroxyl groups is 1. The number of benzene rings is 1. The van der Waals surface area contributed by atoms with Gasteiger partial charge in [-0.3, -0.25) is 9.59 Å². The van der Waals surface area contributed by atoms with Gasteiger partial charge in [0.25, 0.3) is 5.91 Å². The molecule has 6 nitrogen and oxygen atoms in total.